The number of hydrogen-bond donors (Lipinski definition) is 1. The molecule has 1 rings (SSSR count). The minimum atomic E-state index is -0.873. The summed E-state index contributed by atoms with van der Waals surface area (Å²) >= 11 is 0. The third-order valence-electron chi connectivity index (χ3n) is 3.51. The molecule has 0 amide bonds. The van der Waals surface area contributed by atoms with Crippen molar-refractivity contribution < 1.29 is 9.90 Å². The predicted octanol–water partition coefficient (Wildman–Crippen LogP) is 4.14. The van der Waals surface area contributed by atoms with E-state index in [0.29, 0.717) is 5.56 Å². The van der Waals surface area contributed by atoms with Crippen molar-refractivity contribution in [3.05, 3.63) is 23.4 Å². The summed E-state index contributed by atoms with van der Waals surface area (Å²) in [7, 11) is 0. The van der Waals surface area contributed by atoms with E-state index in [2.05, 4.69) is 30.7 Å². The van der Waals surface area contributed by atoms with Gasteiger partial charge in [0, 0.05) is 18.8 Å². The van der Waals surface area contributed by atoms with E-state index in [9.17, 15) is 9.90 Å². The molecular weight excluding hydrogens is 264 g/mol. The topological polar surface area (TPSA) is 53.4 Å². The second-order valence-corrected chi connectivity index (χ2v) is 5.45. The van der Waals surface area contributed by atoms with Crippen LogP contribution in [0.1, 0.15) is 68.9 Å². The molecule has 4 heteroatoms. The van der Waals surface area contributed by atoms with Crippen molar-refractivity contribution in [1.29, 1.82) is 0 Å². The van der Waals surface area contributed by atoms with Gasteiger partial charge < -0.3 is 10.0 Å². The zero-order chi connectivity index (χ0) is 15.7. The van der Waals surface area contributed by atoms with E-state index in [1.807, 2.05) is 0 Å². The Kier molecular flexibility index (Phi) is 7.80. The molecule has 0 aromatic carbocycles. The SMILES string of the molecule is CCCCN(CCCC)c1cc(C(=O)O)cc(CCC)n1. The molecule has 0 aliphatic carbocycles. The lowest BCUT2D eigenvalue weighted by atomic mass is 10.1. The summed E-state index contributed by atoms with van der Waals surface area (Å²) in [6, 6.07) is 3.42. The zero-order valence-corrected chi connectivity index (χ0v) is 13.6. The lowest BCUT2D eigenvalue weighted by Crippen LogP contribution is -2.27. The molecule has 0 spiro atoms. The van der Waals surface area contributed by atoms with Crippen molar-refractivity contribution in [3.63, 3.8) is 0 Å². The number of unbranched alkanes of at least 4 members (excludes halogenated alkanes) is 2. The maximum atomic E-state index is 11.3. The van der Waals surface area contributed by atoms with Crippen LogP contribution < -0.4 is 4.90 Å². The van der Waals surface area contributed by atoms with Gasteiger partial charge in [-0.1, -0.05) is 40.0 Å². The molecular formula is C17H28N2O2. The molecule has 0 fully saturated rings. The average molecular weight is 292 g/mol. The summed E-state index contributed by atoms with van der Waals surface area (Å²) in [4.78, 5) is 18.2. The number of carboxylic acids is 1. The number of rotatable bonds is 10. The predicted molar refractivity (Wildman–Crippen MR) is 87.2 cm³/mol. The first kappa shape index (κ1) is 17.5. The van der Waals surface area contributed by atoms with Gasteiger partial charge in [0.25, 0.3) is 0 Å². The van der Waals surface area contributed by atoms with Crippen molar-refractivity contribution >= 4 is 11.8 Å². The second-order valence-electron chi connectivity index (χ2n) is 5.45. The lowest BCUT2D eigenvalue weighted by Gasteiger charge is -2.24. The second kappa shape index (κ2) is 9.37. The van der Waals surface area contributed by atoms with Crippen molar-refractivity contribution in [3.8, 4) is 0 Å². The van der Waals surface area contributed by atoms with E-state index in [0.717, 1.165) is 63.1 Å². The zero-order valence-electron chi connectivity index (χ0n) is 13.6. The highest BCUT2D eigenvalue weighted by atomic mass is 16.4. The Hall–Kier alpha value is -1.58. The van der Waals surface area contributed by atoms with Crippen LogP contribution in [0.2, 0.25) is 0 Å². The Morgan fingerprint density at radius 2 is 1.71 bits per heavy atom. The normalized spacial score (nSPS) is 10.6. The molecule has 0 atom stereocenters. The summed E-state index contributed by atoms with van der Waals surface area (Å²) < 4.78 is 0. The number of anilines is 1. The van der Waals surface area contributed by atoms with E-state index in [1.54, 1.807) is 12.1 Å². The molecule has 0 unspecified atom stereocenters. The van der Waals surface area contributed by atoms with Gasteiger partial charge in [-0.3, -0.25) is 0 Å². The van der Waals surface area contributed by atoms with Crippen molar-refractivity contribution in [1.82, 2.24) is 4.98 Å². The molecule has 1 aromatic heterocycles. The maximum absolute atomic E-state index is 11.3. The van der Waals surface area contributed by atoms with Crippen LogP contribution >= 0.6 is 0 Å². The summed E-state index contributed by atoms with van der Waals surface area (Å²) in [5, 5.41) is 9.29. The van der Waals surface area contributed by atoms with Gasteiger partial charge in [-0.05, 0) is 31.4 Å². The fourth-order valence-corrected chi connectivity index (χ4v) is 2.28. The third-order valence-corrected chi connectivity index (χ3v) is 3.51. The highest BCUT2D eigenvalue weighted by molar-refractivity contribution is 5.88. The van der Waals surface area contributed by atoms with Crippen LogP contribution in [-0.4, -0.2) is 29.1 Å². The first-order valence-electron chi connectivity index (χ1n) is 8.11. The molecule has 21 heavy (non-hydrogen) atoms. The average Bonchev–Trinajstić information content (AvgIpc) is 2.47. The number of aromatic nitrogens is 1. The molecule has 0 bridgehead atoms. The monoisotopic (exact) mass is 292 g/mol. The van der Waals surface area contributed by atoms with Gasteiger partial charge in [0.2, 0.25) is 0 Å². The van der Waals surface area contributed by atoms with E-state index < -0.39 is 5.97 Å². The van der Waals surface area contributed by atoms with Crippen LogP contribution in [0.5, 0.6) is 0 Å². The summed E-state index contributed by atoms with van der Waals surface area (Å²) in [5.41, 5.74) is 1.23. The molecule has 1 N–H and O–H groups in total. The van der Waals surface area contributed by atoms with Crippen molar-refractivity contribution in [2.75, 3.05) is 18.0 Å². The number of aromatic carboxylic acids is 1. The Balaban J connectivity index is 3.05. The number of nitrogens with zero attached hydrogens (tertiary/aromatic N) is 2. The minimum absolute atomic E-state index is 0.349. The number of carboxylic acid groups (broad SMARTS) is 1. The van der Waals surface area contributed by atoms with E-state index in [4.69, 9.17) is 0 Å². The molecule has 0 radical (unpaired) electrons. The molecule has 0 saturated carbocycles. The first-order chi connectivity index (χ1) is 10.1. The molecule has 1 heterocycles. The summed E-state index contributed by atoms with van der Waals surface area (Å²) in [6.45, 7) is 8.31. The lowest BCUT2D eigenvalue weighted by molar-refractivity contribution is 0.0696. The van der Waals surface area contributed by atoms with Crippen LogP contribution in [0.25, 0.3) is 0 Å². The molecule has 4 nitrogen and oxygen atoms in total. The maximum Gasteiger partial charge on any atom is 0.335 e. The Morgan fingerprint density at radius 3 is 2.19 bits per heavy atom. The number of aryl methyl sites for hydroxylation is 1. The highest BCUT2D eigenvalue weighted by Crippen LogP contribution is 2.18. The Morgan fingerprint density at radius 1 is 1.10 bits per heavy atom. The van der Waals surface area contributed by atoms with E-state index >= 15 is 0 Å². The van der Waals surface area contributed by atoms with Gasteiger partial charge in [-0.15, -0.1) is 0 Å². The molecule has 1 aromatic rings. The largest absolute Gasteiger partial charge is 0.478 e. The van der Waals surface area contributed by atoms with E-state index in [1.165, 1.54) is 0 Å². The number of hydrogen-bond acceptors (Lipinski definition) is 3. The molecule has 118 valence electrons. The van der Waals surface area contributed by atoms with Crippen LogP contribution in [0.4, 0.5) is 5.82 Å². The highest BCUT2D eigenvalue weighted by Gasteiger charge is 2.13. The smallest absolute Gasteiger partial charge is 0.335 e. The van der Waals surface area contributed by atoms with Gasteiger partial charge in [0.15, 0.2) is 0 Å². The fourth-order valence-electron chi connectivity index (χ4n) is 2.28. The van der Waals surface area contributed by atoms with Crippen molar-refractivity contribution in [2.24, 2.45) is 0 Å². The van der Waals surface area contributed by atoms with Gasteiger partial charge in [-0.2, -0.15) is 0 Å². The summed E-state index contributed by atoms with van der Waals surface area (Å²) in [6.07, 6.45) is 6.26. The van der Waals surface area contributed by atoms with Gasteiger partial charge in [0.05, 0.1) is 5.56 Å². The number of carbonyl (C=O) groups is 1. The minimum Gasteiger partial charge on any atom is -0.478 e. The molecule has 0 aliphatic rings. The van der Waals surface area contributed by atoms with Crippen LogP contribution in [0.15, 0.2) is 12.1 Å². The van der Waals surface area contributed by atoms with Gasteiger partial charge in [-0.25, -0.2) is 9.78 Å². The Labute approximate surface area is 128 Å². The first-order valence-corrected chi connectivity index (χ1v) is 8.11. The molecule has 0 saturated heterocycles. The fraction of sp³-hybridized carbons (Fsp3) is 0.647. The van der Waals surface area contributed by atoms with Crippen LogP contribution in [0.3, 0.4) is 0 Å². The van der Waals surface area contributed by atoms with Gasteiger partial charge >= 0.3 is 5.97 Å². The van der Waals surface area contributed by atoms with E-state index in [-0.39, 0.29) is 0 Å². The standard InChI is InChI=1S/C17H28N2O2/c1-4-7-10-19(11-8-5-2)16-13-14(17(20)21)12-15(18-16)9-6-3/h12-13H,4-11H2,1-3H3,(H,20,21). The Bertz CT molecular complexity index is 438. The van der Waals surface area contributed by atoms with Crippen molar-refractivity contribution in [2.45, 2.75) is 59.3 Å². The van der Waals surface area contributed by atoms with Gasteiger partial charge in [0.1, 0.15) is 5.82 Å². The molecule has 0 aliphatic heterocycles. The van der Waals surface area contributed by atoms with Crippen LogP contribution in [-0.2, 0) is 6.42 Å². The number of pyridine rings is 1. The quantitative estimate of drug-likeness (QED) is 0.704. The van der Waals surface area contributed by atoms with Crippen LogP contribution in [0, 0.1) is 0 Å². The third kappa shape index (κ3) is 5.74. The summed E-state index contributed by atoms with van der Waals surface area (Å²) in [5.74, 6) is -0.0535.